The Bertz CT molecular complexity index is 2150. The third-order valence-corrected chi connectivity index (χ3v) is 11.2. The van der Waals surface area contributed by atoms with Crippen LogP contribution in [0.3, 0.4) is 0 Å². The molecule has 4 aromatic rings. The fourth-order valence-electron chi connectivity index (χ4n) is 7.92. The first-order valence-corrected chi connectivity index (χ1v) is 19.7. The molecule has 2 heterocycles. The summed E-state index contributed by atoms with van der Waals surface area (Å²) in [7, 11) is 1.61. The van der Waals surface area contributed by atoms with Gasteiger partial charge in [0.05, 0.1) is 25.1 Å². The van der Waals surface area contributed by atoms with Gasteiger partial charge in [0.25, 0.3) is 23.0 Å². The highest BCUT2D eigenvalue weighted by Crippen LogP contribution is 2.49. The average molecular weight is 817 g/mol. The minimum Gasteiger partial charge on any atom is -0.497 e. The molecule has 16 heteroatoms. The highest BCUT2D eigenvalue weighted by atomic mass is 16.8. The van der Waals surface area contributed by atoms with Crippen molar-refractivity contribution in [1.82, 2.24) is 0 Å². The first kappa shape index (κ1) is 39.9. The van der Waals surface area contributed by atoms with Crippen molar-refractivity contribution in [3.8, 4) is 5.75 Å². The van der Waals surface area contributed by atoms with E-state index in [4.69, 9.17) is 23.7 Å². The maximum absolute atomic E-state index is 13.0. The van der Waals surface area contributed by atoms with Crippen LogP contribution in [-0.4, -0.2) is 45.9 Å². The van der Waals surface area contributed by atoms with Crippen molar-refractivity contribution in [2.24, 2.45) is 32.3 Å². The maximum atomic E-state index is 13.0. The van der Waals surface area contributed by atoms with E-state index in [1.165, 1.54) is 0 Å². The van der Waals surface area contributed by atoms with E-state index in [0.29, 0.717) is 62.7 Å². The van der Waals surface area contributed by atoms with Crippen LogP contribution in [0.1, 0.15) is 56.9 Å². The molecule has 2 aliphatic carbocycles. The van der Waals surface area contributed by atoms with Crippen LogP contribution in [-0.2, 0) is 35.1 Å². The fourth-order valence-corrected chi connectivity index (χ4v) is 7.92. The number of anilines is 4. The van der Waals surface area contributed by atoms with Crippen molar-refractivity contribution in [1.29, 1.82) is 0 Å². The van der Waals surface area contributed by atoms with Gasteiger partial charge in [0.2, 0.25) is 0 Å². The van der Waals surface area contributed by atoms with Crippen molar-refractivity contribution in [3.05, 3.63) is 126 Å². The highest BCUT2D eigenvalue weighted by molar-refractivity contribution is 5.89. The third-order valence-electron chi connectivity index (χ3n) is 11.2. The second-order valence-electron chi connectivity index (χ2n) is 15.1. The predicted molar refractivity (Wildman–Crippen MR) is 217 cm³/mol. The zero-order chi connectivity index (χ0) is 41.7. The van der Waals surface area contributed by atoms with Gasteiger partial charge in [-0.1, -0.05) is 12.1 Å². The summed E-state index contributed by atoms with van der Waals surface area (Å²) < 4.78 is 28.3. The topological polar surface area (TPSA) is 214 Å². The lowest BCUT2D eigenvalue weighted by Gasteiger charge is -2.45. The molecule has 16 nitrogen and oxygen atoms in total. The first-order chi connectivity index (χ1) is 29.1. The molecule has 8 rings (SSSR count). The lowest BCUT2D eigenvalue weighted by molar-refractivity contribution is -0.262. The number of carbonyl (C=O) groups is 2. The van der Waals surface area contributed by atoms with Crippen molar-refractivity contribution in [3.63, 3.8) is 0 Å². The van der Waals surface area contributed by atoms with Crippen LogP contribution in [0.25, 0.3) is 0 Å². The minimum absolute atomic E-state index is 0.0266. The Hall–Kier alpha value is -6.94. The number of hydrogen-bond acceptors (Lipinski definition) is 16. The van der Waals surface area contributed by atoms with Crippen molar-refractivity contribution >= 4 is 46.1 Å². The molecule has 0 aromatic heterocycles. The van der Waals surface area contributed by atoms with Crippen LogP contribution in [0, 0.1) is 11.8 Å². The van der Waals surface area contributed by atoms with Crippen LogP contribution in [0.15, 0.2) is 141 Å². The van der Waals surface area contributed by atoms with E-state index in [1.54, 1.807) is 43.5 Å². The number of aliphatic hydroxyl groups excluding tert-OH is 3. The summed E-state index contributed by atoms with van der Waals surface area (Å²) in [5.41, 5.74) is 4.24. The van der Waals surface area contributed by atoms with Gasteiger partial charge in [0.1, 0.15) is 5.75 Å². The smallest absolute Gasteiger partial charge is 0.369 e. The predicted octanol–water partition coefficient (Wildman–Crippen LogP) is 9.92. The summed E-state index contributed by atoms with van der Waals surface area (Å²) in [6, 6.07) is 28.9. The lowest BCUT2D eigenvalue weighted by Crippen LogP contribution is -2.48. The van der Waals surface area contributed by atoms with Gasteiger partial charge in [0, 0.05) is 48.4 Å². The summed E-state index contributed by atoms with van der Waals surface area (Å²) >= 11 is 0. The Morgan fingerprint density at radius 1 is 0.567 bits per heavy atom. The molecule has 2 saturated carbocycles. The Labute approximate surface area is 345 Å². The van der Waals surface area contributed by atoms with Gasteiger partial charge in [-0.2, -0.15) is 10.2 Å². The number of hydrogen-bond donors (Lipinski definition) is 5. The van der Waals surface area contributed by atoms with Crippen LogP contribution in [0.5, 0.6) is 5.75 Å². The molecule has 0 amide bonds. The molecule has 2 spiro atoms. The van der Waals surface area contributed by atoms with Gasteiger partial charge in [0.15, 0.2) is 0 Å². The van der Waals surface area contributed by atoms with E-state index < -0.39 is 46.8 Å². The van der Waals surface area contributed by atoms with Gasteiger partial charge in [-0.25, -0.2) is 9.59 Å². The number of benzene rings is 4. The molecule has 0 bridgehead atoms. The standard InChI is InChI=1S/C44H44N6O10/c1-56-36-16-14-33(15-17-36)46-32-8-12-35(13-9-32)48-50-38-41(54)59-44(60-42(38)55)24-20-29(21-25-44)28-18-22-43(23-19-28)57-39(52)37(40(53)58-43)49-47-34-10-6-31(7-11-34)45-30-4-2-27(26-51)3-5-30/h2-17,28-29,45-46,51-52,54H,18-26H2,1H3/b49-47+,50-48+. The molecule has 60 heavy (non-hydrogen) atoms. The van der Waals surface area contributed by atoms with E-state index >= 15 is 0 Å². The zero-order valence-corrected chi connectivity index (χ0v) is 32.7. The van der Waals surface area contributed by atoms with Gasteiger partial charge in [-0.3, -0.25) is 0 Å². The average Bonchev–Trinajstić information content (AvgIpc) is 3.25. The van der Waals surface area contributed by atoms with Gasteiger partial charge in [-0.15, -0.1) is 10.2 Å². The van der Waals surface area contributed by atoms with Crippen LogP contribution in [0.2, 0.25) is 0 Å². The van der Waals surface area contributed by atoms with E-state index in [9.17, 15) is 24.9 Å². The number of nitrogens with one attached hydrogen (secondary N) is 2. The second-order valence-corrected chi connectivity index (χ2v) is 15.1. The molecular weight excluding hydrogens is 773 g/mol. The largest absolute Gasteiger partial charge is 0.497 e. The quantitative estimate of drug-likeness (QED) is 0.0706. The third kappa shape index (κ3) is 9.03. The van der Waals surface area contributed by atoms with Gasteiger partial charge in [-0.05, 0) is 128 Å². The van der Waals surface area contributed by atoms with E-state index in [-0.39, 0.29) is 18.4 Å². The number of aliphatic hydroxyl groups is 3. The van der Waals surface area contributed by atoms with E-state index in [2.05, 4.69) is 31.1 Å². The van der Waals surface area contributed by atoms with Crippen LogP contribution >= 0.6 is 0 Å². The number of azo groups is 2. The van der Waals surface area contributed by atoms with Crippen molar-refractivity contribution < 1.29 is 48.6 Å². The maximum Gasteiger partial charge on any atom is 0.369 e. The van der Waals surface area contributed by atoms with E-state index in [0.717, 1.165) is 34.1 Å². The molecule has 4 aromatic carbocycles. The van der Waals surface area contributed by atoms with Gasteiger partial charge < -0.3 is 49.6 Å². The summed E-state index contributed by atoms with van der Waals surface area (Å²) in [5, 5.41) is 53.3. The Balaban J connectivity index is 0.804. The normalized spacial score (nSPS) is 24.3. The molecule has 0 saturated heterocycles. The summed E-state index contributed by atoms with van der Waals surface area (Å²) in [4.78, 5) is 26.1. The van der Waals surface area contributed by atoms with Crippen molar-refractivity contribution in [2.75, 3.05) is 17.7 Å². The Morgan fingerprint density at radius 2 is 0.933 bits per heavy atom. The molecule has 2 fully saturated rings. The molecule has 0 atom stereocenters. The van der Waals surface area contributed by atoms with Crippen LogP contribution in [0.4, 0.5) is 34.1 Å². The summed E-state index contributed by atoms with van der Waals surface area (Å²) in [6.07, 6.45) is 4.22. The minimum atomic E-state index is -1.30. The molecule has 2 aliphatic heterocycles. The van der Waals surface area contributed by atoms with E-state index in [1.807, 2.05) is 60.7 Å². The van der Waals surface area contributed by atoms with Gasteiger partial charge >= 0.3 is 23.8 Å². The summed E-state index contributed by atoms with van der Waals surface area (Å²) in [6.45, 7) is -0.0266. The molecule has 0 radical (unpaired) electrons. The SMILES string of the molecule is COc1ccc(Nc2ccc(/N=N/C3=C(O)OC4(CCC(C5CCC6(CC5)OC(=O)C(/N=N/c5ccc(Nc7ccc(CO)cc7)cc5)=C(O)O6)CC4)OC3=O)cc2)cc1. The summed E-state index contributed by atoms with van der Waals surface area (Å²) in [5.74, 6) is -4.17. The zero-order valence-electron chi connectivity index (χ0n) is 32.7. The van der Waals surface area contributed by atoms with Crippen LogP contribution < -0.4 is 15.4 Å². The lowest BCUT2D eigenvalue weighted by atomic mass is 9.70. The molecule has 4 aliphatic rings. The number of nitrogens with zero attached hydrogens (tertiary/aromatic N) is 4. The number of ether oxygens (including phenoxy) is 5. The first-order valence-electron chi connectivity index (χ1n) is 19.7. The molecule has 5 N–H and O–H groups in total. The fraction of sp³-hybridized carbons (Fsp3) is 0.318. The molecule has 310 valence electrons. The number of methoxy groups -OCH3 is 1. The molecular formula is C44H44N6O10. The Kier molecular flexibility index (Phi) is 11.4. The number of rotatable bonds is 11. The second kappa shape index (κ2) is 17.1. The molecule has 0 unspecified atom stereocenters. The number of carbonyl (C=O) groups excluding carboxylic acids is 2. The number of esters is 2. The highest BCUT2D eigenvalue weighted by Gasteiger charge is 2.51. The Morgan fingerprint density at radius 3 is 1.28 bits per heavy atom. The van der Waals surface area contributed by atoms with Crippen molar-refractivity contribution in [2.45, 2.75) is 69.5 Å². The monoisotopic (exact) mass is 816 g/mol.